The highest BCUT2D eigenvalue weighted by molar-refractivity contribution is 5.67. The van der Waals surface area contributed by atoms with Gasteiger partial charge in [-0.05, 0) is 6.92 Å². The van der Waals surface area contributed by atoms with Crippen molar-refractivity contribution in [2.45, 2.75) is 46.1 Å². The molecule has 0 heterocycles. The average Bonchev–Trinajstić information content (AvgIpc) is 2.14. The van der Waals surface area contributed by atoms with Crippen LogP contribution in [0.15, 0.2) is 0 Å². The Balaban J connectivity index is 4.27. The number of esters is 3. The van der Waals surface area contributed by atoms with Gasteiger partial charge in [-0.15, -0.1) is 0 Å². The van der Waals surface area contributed by atoms with Crippen LogP contribution in [0.4, 0.5) is 0 Å². The molecule has 0 fully saturated rings. The summed E-state index contributed by atoms with van der Waals surface area (Å²) in [6.07, 6.45) is 0.709. The Kier molecular flexibility index (Phi) is 7.00. The van der Waals surface area contributed by atoms with E-state index in [1.165, 1.54) is 20.8 Å². The molecule has 6 heteroatoms. The SMILES string of the molecule is CC(=O)OCCC(C)(CCOC(C)=O)OC(C)=O. The molecule has 0 aliphatic carbocycles. The molecule has 0 aromatic rings. The van der Waals surface area contributed by atoms with E-state index in [1.807, 2.05) is 0 Å². The molecule has 0 saturated heterocycles. The van der Waals surface area contributed by atoms with Gasteiger partial charge in [-0.1, -0.05) is 0 Å². The van der Waals surface area contributed by atoms with Crippen molar-refractivity contribution in [3.05, 3.63) is 0 Å². The van der Waals surface area contributed by atoms with Crippen molar-refractivity contribution in [1.82, 2.24) is 0 Å². The van der Waals surface area contributed by atoms with Gasteiger partial charge in [0.05, 0.1) is 13.2 Å². The highest BCUT2D eigenvalue weighted by Gasteiger charge is 2.28. The van der Waals surface area contributed by atoms with Crippen molar-refractivity contribution >= 4 is 17.9 Å². The monoisotopic (exact) mass is 260 g/mol. The molecule has 0 spiro atoms. The van der Waals surface area contributed by atoms with Gasteiger partial charge in [-0.2, -0.15) is 0 Å². The van der Waals surface area contributed by atoms with Crippen LogP contribution < -0.4 is 0 Å². The topological polar surface area (TPSA) is 78.9 Å². The molecule has 0 N–H and O–H groups in total. The molecule has 0 atom stereocenters. The van der Waals surface area contributed by atoms with E-state index < -0.39 is 11.6 Å². The molecule has 0 aliphatic rings. The molecule has 0 unspecified atom stereocenters. The summed E-state index contributed by atoms with van der Waals surface area (Å²) < 4.78 is 14.8. The van der Waals surface area contributed by atoms with Gasteiger partial charge in [-0.3, -0.25) is 14.4 Å². The van der Waals surface area contributed by atoms with Crippen LogP contribution in [-0.4, -0.2) is 36.7 Å². The van der Waals surface area contributed by atoms with Crippen LogP contribution in [0.2, 0.25) is 0 Å². The highest BCUT2D eigenvalue weighted by atomic mass is 16.6. The minimum Gasteiger partial charge on any atom is -0.466 e. The van der Waals surface area contributed by atoms with Crippen LogP contribution in [0.5, 0.6) is 0 Å². The predicted molar refractivity (Wildman–Crippen MR) is 62.7 cm³/mol. The molecule has 0 aromatic carbocycles. The lowest BCUT2D eigenvalue weighted by Crippen LogP contribution is -2.34. The van der Waals surface area contributed by atoms with E-state index in [1.54, 1.807) is 6.92 Å². The number of carbonyl (C=O) groups excluding carboxylic acids is 3. The van der Waals surface area contributed by atoms with E-state index in [0.29, 0.717) is 12.8 Å². The van der Waals surface area contributed by atoms with Gasteiger partial charge in [-0.25, -0.2) is 0 Å². The zero-order valence-electron chi connectivity index (χ0n) is 11.3. The van der Waals surface area contributed by atoms with Crippen molar-refractivity contribution in [1.29, 1.82) is 0 Å². The summed E-state index contributed by atoms with van der Waals surface area (Å²) >= 11 is 0. The Morgan fingerprint density at radius 2 is 1.22 bits per heavy atom. The van der Waals surface area contributed by atoms with E-state index in [4.69, 9.17) is 14.2 Å². The molecule has 6 nitrogen and oxygen atoms in total. The molecule has 0 bridgehead atoms. The average molecular weight is 260 g/mol. The maximum absolute atomic E-state index is 11.0. The second kappa shape index (κ2) is 7.68. The van der Waals surface area contributed by atoms with Crippen LogP contribution >= 0.6 is 0 Å². The summed E-state index contributed by atoms with van der Waals surface area (Å²) in [6.45, 7) is 5.93. The fourth-order valence-electron chi connectivity index (χ4n) is 1.40. The molecule has 0 aromatic heterocycles. The zero-order chi connectivity index (χ0) is 14.2. The summed E-state index contributed by atoms with van der Waals surface area (Å²) in [7, 11) is 0. The van der Waals surface area contributed by atoms with E-state index in [0.717, 1.165) is 0 Å². The number of hydrogen-bond donors (Lipinski definition) is 0. The Bertz CT molecular complexity index is 290. The third kappa shape index (κ3) is 8.55. The minimum atomic E-state index is -0.809. The quantitative estimate of drug-likeness (QED) is 0.505. The molecular weight excluding hydrogens is 240 g/mol. The Labute approximate surface area is 107 Å². The lowest BCUT2D eigenvalue weighted by molar-refractivity contribution is -0.160. The van der Waals surface area contributed by atoms with Crippen molar-refractivity contribution in [3.63, 3.8) is 0 Å². The molecule has 0 amide bonds. The predicted octanol–water partition coefficient (Wildman–Crippen LogP) is 1.21. The van der Waals surface area contributed by atoms with Gasteiger partial charge in [0.2, 0.25) is 0 Å². The number of ether oxygens (including phenoxy) is 3. The first-order valence-corrected chi connectivity index (χ1v) is 5.71. The normalized spacial score (nSPS) is 10.7. The van der Waals surface area contributed by atoms with E-state index in [9.17, 15) is 14.4 Å². The third-order valence-corrected chi connectivity index (χ3v) is 2.26. The fourth-order valence-corrected chi connectivity index (χ4v) is 1.40. The van der Waals surface area contributed by atoms with Gasteiger partial charge in [0.1, 0.15) is 5.60 Å². The Morgan fingerprint density at radius 1 is 0.833 bits per heavy atom. The minimum absolute atomic E-state index is 0.152. The molecule has 0 saturated carbocycles. The van der Waals surface area contributed by atoms with Crippen LogP contribution in [0.3, 0.4) is 0 Å². The van der Waals surface area contributed by atoms with Crippen LogP contribution in [0.1, 0.15) is 40.5 Å². The number of carbonyl (C=O) groups is 3. The zero-order valence-corrected chi connectivity index (χ0v) is 11.3. The fraction of sp³-hybridized carbons (Fsp3) is 0.750. The standard InChI is InChI=1S/C12H20O6/c1-9(13)16-7-5-12(4,18-11(3)15)6-8-17-10(2)14/h5-8H2,1-4H3. The summed E-state index contributed by atoms with van der Waals surface area (Å²) in [5.41, 5.74) is -0.809. The van der Waals surface area contributed by atoms with Gasteiger partial charge >= 0.3 is 17.9 Å². The molecule has 0 aliphatic heterocycles. The van der Waals surface area contributed by atoms with Crippen molar-refractivity contribution < 1.29 is 28.6 Å². The van der Waals surface area contributed by atoms with Crippen molar-refractivity contribution in [3.8, 4) is 0 Å². The van der Waals surface area contributed by atoms with Crippen molar-refractivity contribution in [2.24, 2.45) is 0 Å². The molecular formula is C12H20O6. The van der Waals surface area contributed by atoms with E-state index in [2.05, 4.69) is 0 Å². The van der Waals surface area contributed by atoms with Crippen LogP contribution in [0.25, 0.3) is 0 Å². The number of hydrogen-bond acceptors (Lipinski definition) is 6. The number of rotatable bonds is 7. The van der Waals surface area contributed by atoms with Gasteiger partial charge in [0.15, 0.2) is 0 Å². The summed E-state index contributed by atoms with van der Waals surface area (Å²) in [4.78, 5) is 32.3. The highest BCUT2D eigenvalue weighted by Crippen LogP contribution is 2.21. The molecule has 0 radical (unpaired) electrons. The first kappa shape index (κ1) is 16.4. The lowest BCUT2D eigenvalue weighted by atomic mass is 9.98. The van der Waals surface area contributed by atoms with E-state index in [-0.39, 0.29) is 25.2 Å². The van der Waals surface area contributed by atoms with Crippen LogP contribution in [-0.2, 0) is 28.6 Å². The largest absolute Gasteiger partial charge is 0.466 e. The summed E-state index contributed by atoms with van der Waals surface area (Å²) in [5.74, 6) is -1.21. The summed E-state index contributed by atoms with van der Waals surface area (Å²) in [6, 6.07) is 0. The van der Waals surface area contributed by atoms with E-state index >= 15 is 0 Å². The van der Waals surface area contributed by atoms with Gasteiger partial charge in [0.25, 0.3) is 0 Å². The molecule has 0 rings (SSSR count). The van der Waals surface area contributed by atoms with Gasteiger partial charge in [0, 0.05) is 33.6 Å². The molecule has 18 heavy (non-hydrogen) atoms. The van der Waals surface area contributed by atoms with Gasteiger partial charge < -0.3 is 14.2 Å². The Hall–Kier alpha value is -1.59. The maximum atomic E-state index is 11.0. The third-order valence-electron chi connectivity index (χ3n) is 2.26. The second-order valence-corrected chi connectivity index (χ2v) is 4.22. The Morgan fingerprint density at radius 3 is 1.50 bits per heavy atom. The molecule has 104 valence electrons. The smallest absolute Gasteiger partial charge is 0.303 e. The second-order valence-electron chi connectivity index (χ2n) is 4.22. The first-order valence-electron chi connectivity index (χ1n) is 5.71. The lowest BCUT2D eigenvalue weighted by Gasteiger charge is -2.28. The summed E-state index contributed by atoms with van der Waals surface area (Å²) in [5, 5.41) is 0. The van der Waals surface area contributed by atoms with Crippen molar-refractivity contribution in [2.75, 3.05) is 13.2 Å². The first-order chi connectivity index (χ1) is 8.25. The maximum Gasteiger partial charge on any atom is 0.303 e. The van der Waals surface area contributed by atoms with Crippen LogP contribution in [0, 0.1) is 0 Å².